The van der Waals surface area contributed by atoms with Gasteiger partial charge >= 0.3 is 6.09 Å². The molecule has 1 fully saturated rings. The molecular weight excluding hydrogens is 250 g/mol. The highest BCUT2D eigenvalue weighted by molar-refractivity contribution is 5.85. The molecule has 1 saturated heterocycles. The molecule has 0 unspecified atom stereocenters. The zero-order valence-corrected chi connectivity index (χ0v) is 10.5. The third-order valence-electron chi connectivity index (χ3n) is 2.48. The van der Waals surface area contributed by atoms with Crippen LogP contribution in [-0.4, -0.2) is 58.9 Å². The van der Waals surface area contributed by atoms with E-state index in [1.165, 1.54) is 13.4 Å². The highest BCUT2D eigenvalue weighted by atomic mass is 16.4. The van der Waals surface area contributed by atoms with E-state index in [0.29, 0.717) is 5.01 Å². The van der Waals surface area contributed by atoms with Gasteiger partial charge in [0, 0.05) is 20.1 Å². The van der Waals surface area contributed by atoms with E-state index in [2.05, 4.69) is 10.1 Å². The van der Waals surface area contributed by atoms with E-state index in [9.17, 15) is 9.90 Å². The second-order valence-corrected chi connectivity index (χ2v) is 3.89. The Balaban J connectivity index is 2.72. The molecule has 102 valence electrons. The van der Waals surface area contributed by atoms with Crippen LogP contribution in [-0.2, 0) is 0 Å². The van der Waals surface area contributed by atoms with E-state index < -0.39 is 12.0 Å². The first-order chi connectivity index (χ1) is 9.04. The van der Waals surface area contributed by atoms with Crippen LogP contribution >= 0.6 is 0 Å². The number of hydrogen-bond acceptors (Lipinski definition) is 5. The molecule has 0 aromatic heterocycles. The number of aliphatic imine (C=N–C) groups is 1. The van der Waals surface area contributed by atoms with Crippen molar-refractivity contribution in [3.63, 3.8) is 0 Å². The Kier molecular flexibility index (Phi) is 5.35. The summed E-state index contributed by atoms with van der Waals surface area (Å²) in [5.74, 6) is -0.489. The van der Waals surface area contributed by atoms with Crippen molar-refractivity contribution in [3.8, 4) is 6.07 Å². The maximum Gasteiger partial charge on any atom is 0.427 e. The molecule has 1 aliphatic heterocycles. The first-order valence-electron chi connectivity index (χ1n) is 5.67. The molecule has 1 aliphatic rings. The van der Waals surface area contributed by atoms with Crippen molar-refractivity contribution in [2.75, 3.05) is 20.1 Å². The van der Waals surface area contributed by atoms with Crippen LogP contribution in [0.3, 0.4) is 0 Å². The van der Waals surface area contributed by atoms with Gasteiger partial charge in [-0.1, -0.05) is 0 Å². The summed E-state index contributed by atoms with van der Waals surface area (Å²) in [5, 5.41) is 31.1. The molecule has 1 heterocycles. The maximum absolute atomic E-state index is 10.5. The predicted octanol–water partition coefficient (Wildman–Crippen LogP) is 0.999. The Morgan fingerprint density at radius 2 is 2.05 bits per heavy atom. The van der Waals surface area contributed by atoms with E-state index in [0.717, 1.165) is 32.1 Å². The van der Waals surface area contributed by atoms with Gasteiger partial charge in [-0.3, -0.25) is 0 Å². The minimum absolute atomic E-state index is 0.205. The minimum Gasteiger partial charge on any atom is -0.492 e. The number of nitriles is 1. The van der Waals surface area contributed by atoms with Crippen LogP contribution in [0.15, 0.2) is 21.6 Å². The first-order valence-corrected chi connectivity index (χ1v) is 5.67. The summed E-state index contributed by atoms with van der Waals surface area (Å²) in [6.45, 7) is 1.74. The Hall–Kier alpha value is -2.56. The standard InChI is InChI=1S/C11H15N5O3/c1-15(11(18)19)14-7-9(6-12)10(17)13-8-16-4-2-3-5-16/h7-8,17H,2-5H2,1H3,(H,18,19). The minimum atomic E-state index is -1.27. The number of likely N-dealkylation sites (tertiary alicyclic amines) is 1. The Morgan fingerprint density at radius 3 is 2.58 bits per heavy atom. The average molecular weight is 265 g/mol. The quantitative estimate of drug-likeness (QED) is 0.259. The number of hydrazone groups is 1. The van der Waals surface area contributed by atoms with Gasteiger partial charge in [-0.05, 0) is 12.8 Å². The topological polar surface area (TPSA) is 113 Å². The summed E-state index contributed by atoms with van der Waals surface area (Å²) in [6.07, 6.45) is 3.30. The fourth-order valence-electron chi connectivity index (χ4n) is 1.39. The van der Waals surface area contributed by atoms with Crippen LogP contribution in [0.1, 0.15) is 12.8 Å². The fourth-order valence-corrected chi connectivity index (χ4v) is 1.39. The second-order valence-electron chi connectivity index (χ2n) is 3.89. The maximum atomic E-state index is 10.5. The number of carbonyl (C=O) groups is 1. The molecule has 19 heavy (non-hydrogen) atoms. The van der Waals surface area contributed by atoms with Crippen LogP contribution in [0.4, 0.5) is 4.79 Å². The van der Waals surface area contributed by atoms with Gasteiger partial charge in [0.1, 0.15) is 11.6 Å². The molecule has 0 radical (unpaired) electrons. The molecule has 0 bridgehead atoms. The van der Waals surface area contributed by atoms with Crippen LogP contribution in [0.5, 0.6) is 0 Å². The van der Waals surface area contributed by atoms with Crippen LogP contribution in [0, 0.1) is 11.3 Å². The molecule has 8 heteroatoms. The van der Waals surface area contributed by atoms with E-state index in [4.69, 9.17) is 10.4 Å². The first kappa shape index (κ1) is 14.5. The lowest BCUT2D eigenvalue weighted by atomic mass is 10.3. The SMILES string of the molecule is CN(N=CC(C#N)=C(O)N=CN1CCCC1)C(=O)O. The molecule has 0 aliphatic carbocycles. The summed E-state index contributed by atoms with van der Waals surface area (Å²) >= 11 is 0. The highest BCUT2D eigenvalue weighted by Crippen LogP contribution is 2.06. The van der Waals surface area contributed by atoms with E-state index in [1.807, 2.05) is 4.90 Å². The zero-order valence-electron chi connectivity index (χ0n) is 10.5. The van der Waals surface area contributed by atoms with Gasteiger partial charge in [-0.25, -0.2) is 14.8 Å². The van der Waals surface area contributed by atoms with E-state index >= 15 is 0 Å². The number of aliphatic hydroxyl groups is 1. The molecule has 0 saturated carbocycles. The fraction of sp³-hybridized carbons (Fsp3) is 0.455. The number of carboxylic acid groups (broad SMARTS) is 1. The molecule has 1 rings (SSSR count). The summed E-state index contributed by atoms with van der Waals surface area (Å²) in [7, 11) is 1.21. The number of aliphatic hydroxyl groups excluding tert-OH is 1. The number of amides is 1. The summed E-state index contributed by atoms with van der Waals surface area (Å²) in [5.41, 5.74) is -0.205. The smallest absolute Gasteiger partial charge is 0.427 e. The van der Waals surface area contributed by atoms with Crippen molar-refractivity contribution >= 4 is 18.6 Å². The van der Waals surface area contributed by atoms with Crippen molar-refractivity contribution in [2.24, 2.45) is 10.1 Å². The molecule has 2 N–H and O–H groups in total. The molecule has 1 amide bonds. The lowest BCUT2D eigenvalue weighted by Gasteiger charge is -2.08. The van der Waals surface area contributed by atoms with Gasteiger partial charge in [0.25, 0.3) is 0 Å². The van der Waals surface area contributed by atoms with Gasteiger partial charge in [0.05, 0.1) is 12.6 Å². The number of allylic oxidation sites excluding steroid dienone is 1. The van der Waals surface area contributed by atoms with Crippen molar-refractivity contribution < 1.29 is 15.0 Å². The highest BCUT2D eigenvalue weighted by Gasteiger charge is 2.08. The Labute approximate surface area is 110 Å². The number of rotatable bonds is 4. The van der Waals surface area contributed by atoms with Crippen molar-refractivity contribution in [1.82, 2.24) is 9.91 Å². The number of nitrogens with zero attached hydrogens (tertiary/aromatic N) is 5. The van der Waals surface area contributed by atoms with E-state index in [-0.39, 0.29) is 5.57 Å². The van der Waals surface area contributed by atoms with Crippen LogP contribution < -0.4 is 0 Å². The van der Waals surface area contributed by atoms with Gasteiger partial charge in [0.15, 0.2) is 0 Å². The average Bonchev–Trinajstić information content (AvgIpc) is 2.89. The molecular formula is C11H15N5O3. The largest absolute Gasteiger partial charge is 0.492 e. The third-order valence-corrected chi connectivity index (χ3v) is 2.48. The summed E-state index contributed by atoms with van der Waals surface area (Å²) < 4.78 is 0. The lowest BCUT2D eigenvalue weighted by Crippen LogP contribution is -2.18. The molecule has 0 aromatic carbocycles. The van der Waals surface area contributed by atoms with Crippen LogP contribution in [0.25, 0.3) is 0 Å². The zero-order chi connectivity index (χ0) is 14.3. The Bertz CT molecular complexity index is 457. The number of hydrogen-bond donors (Lipinski definition) is 2. The summed E-state index contributed by atoms with van der Waals surface area (Å²) in [6, 6.07) is 1.70. The van der Waals surface area contributed by atoms with Crippen molar-refractivity contribution in [1.29, 1.82) is 5.26 Å². The van der Waals surface area contributed by atoms with Crippen molar-refractivity contribution in [2.45, 2.75) is 12.8 Å². The van der Waals surface area contributed by atoms with Gasteiger partial charge in [-0.2, -0.15) is 10.4 Å². The van der Waals surface area contributed by atoms with E-state index in [1.54, 1.807) is 6.07 Å². The van der Waals surface area contributed by atoms with Gasteiger partial charge < -0.3 is 15.1 Å². The molecule has 0 aromatic rings. The monoisotopic (exact) mass is 265 g/mol. The molecule has 0 spiro atoms. The van der Waals surface area contributed by atoms with Gasteiger partial charge in [0.2, 0.25) is 5.88 Å². The summed E-state index contributed by atoms with van der Waals surface area (Å²) in [4.78, 5) is 16.2. The molecule has 0 atom stereocenters. The molecule has 8 nitrogen and oxygen atoms in total. The van der Waals surface area contributed by atoms with Crippen LogP contribution in [0.2, 0.25) is 0 Å². The van der Waals surface area contributed by atoms with Crippen molar-refractivity contribution in [3.05, 3.63) is 11.5 Å². The normalized spacial score (nSPS) is 16.7. The third kappa shape index (κ3) is 4.67. The predicted molar refractivity (Wildman–Crippen MR) is 68.8 cm³/mol. The Morgan fingerprint density at radius 1 is 1.42 bits per heavy atom. The second kappa shape index (κ2) is 7.00. The lowest BCUT2D eigenvalue weighted by molar-refractivity contribution is 0.158. The van der Waals surface area contributed by atoms with Gasteiger partial charge in [-0.15, -0.1) is 0 Å².